The lowest BCUT2D eigenvalue weighted by atomic mass is 10.0. The van der Waals surface area contributed by atoms with Gasteiger partial charge in [-0.2, -0.15) is 0 Å². The fourth-order valence-corrected chi connectivity index (χ4v) is 1.84. The summed E-state index contributed by atoms with van der Waals surface area (Å²) < 4.78 is 0.926. The quantitative estimate of drug-likeness (QED) is 0.721. The van der Waals surface area contributed by atoms with Crippen LogP contribution in [-0.4, -0.2) is 17.4 Å². The first-order valence-electron chi connectivity index (χ1n) is 3.69. The molecular formula is C8H7BrN2O. The summed E-state index contributed by atoms with van der Waals surface area (Å²) >= 11 is 3.37. The molecule has 0 radical (unpaired) electrons. The van der Waals surface area contributed by atoms with Crippen molar-refractivity contribution in [3.63, 3.8) is 0 Å². The van der Waals surface area contributed by atoms with E-state index in [4.69, 9.17) is 0 Å². The second-order valence-electron chi connectivity index (χ2n) is 2.65. The minimum absolute atomic E-state index is 0.0231. The van der Waals surface area contributed by atoms with Crippen LogP contribution in [0.3, 0.4) is 0 Å². The van der Waals surface area contributed by atoms with Crippen molar-refractivity contribution in [1.29, 1.82) is 0 Å². The van der Waals surface area contributed by atoms with Gasteiger partial charge in [-0.15, -0.1) is 0 Å². The SMILES string of the molecule is O=C1NCCc2c(Br)cncc21. The van der Waals surface area contributed by atoms with E-state index in [2.05, 4.69) is 26.2 Å². The summed E-state index contributed by atoms with van der Waals surface area (Å²) in [6.45, 7) is 0.717. The molecule has 3 nitrogen and oxygen atoms in total. The van der Waals surface area contributed by atoms with Gasteiger partial charge < -0.3 is 5.32 Å². The van der Waals surface area contributed by atoms with Crippen LogP contribution < -0.4 is 5.32 Å². The summed E-state index contributed by atoms with van der Waals surface area (Å²) in [5, 5.41) is 2.77. The molecule has 0 saturated carbocycles. The van der Waals surface area contributed by atoms with E-state index in [1.165, 1.54) is 0 Å². The minimum Gasteiger partial charge on any atom is -0.352 e. The molecule has 0 atom stereocenters. The standard InChI is InChI=1S/C8H7BrN2O/c9-7-4-10-3-6-5(7)1-2-11-8(6)12/h3-4H,1-2H2,(H,11,12). The zero-order chi connectivity index (χ0) is 8.55. The molecule has 2 heterocycles. The molecule has 0 aliphatic carbocycles. The summed E-state index contributed by atoms with van der Waals surface area (Å²) in [6.07, 6.45) is 4.20. The third-order valence-electron chi connectivity index (χ3n) is 1.91. The van der Waals surface area contributed by atoms with Crippen molar-refractivity contribution < 1.29 is 4.79 Å². The van der Waals surface area contributed by atoms with Crippen LogP contribution in [0.4, 0.5) is 0 Å². The number of carbonyl (C=O) groups excluding carboxylic acids is 1. The molecule has 0 spiro atoms. The first kappa shape index (κ1) is 7.73. The largest absolute Gasteiger partial charge is 0.352 e. The highest BCUT2D eigenvalue weighted by atomic mass is 79.9. The van der Waals surface area contributed by atoms with Crippen LogP contribution in [0, 0.1) is 0 Å². The van der Waals surface area contributed by atoms with Crippen molar-refractivity contribution in [2.45, 2.75) is 6.42 Å². The monoisotopic (exact) mass is 226 g/mol. The van der Waals surface area contributed by atoms with Gasteiger partial charge in [0.1, 0.15) is 0 Å². The smallest absolute Gasteiger partial charge is 0.253 e. The van der Waals surface area contributed by atoms with Crippen molar-refractivity contribution in [3.8, 4) is 0 Å². The third-order valence-corrected chi connectivity index (χ3v) is 2.59. The molecule has 2 rings (SSSR count). The molecule has 12 heavy (non-hydrogen) atoms. The van der Waals surface area contributed by atoms with Crippen LogP contribution in [-0.2, 0) is 6.42 Å². The van der Waals surface area contributed by atoms with E-state index >= 15 is 0 Å². The molecule has 4 heteroatoms. The lowest BCUT2D eigenvalue weighted by molar-refractivity contribution is 0.0945. The summed E-state index contributed by atoms with van der Waals surface area (Å²) in [5.41, 5.74) is 1.75. The second-order valence-corrected chi connectivity index (χ2v) is 3.51. The molecule has 1 aliphatic heterocycles. The van der Waals surface area contributed by atoms with Crippen molar-refractivity contribution in [3.05, 3.63) is 28.0 Å². The van der Waals surface area contributed by atoms with Gasteiger partial charge in [-0.25, -0.2) is 0 Å². The van der Waals surface area contributed by atoms with Crippen molar-refractivity contribution in [2.24, 2.45) is 0 Å². The first-order valence-corrected chi connectivity index (χ1v) is 4.49. The summed E-state index contributed by atoms with van der Waals surface area (Å²) in [6, 6.07) is 0. The lowest BCUT2D eigenvalue weighted by Crippen LogP contribution is -2.32. The Bertz CT molecular complexity index is 338. The van der Waals surface area contributed by atoms with Crippen molar-refractivity contribution in [1.82, 2.24) is 10.3 Å². The maximum atomic E-state index is 11.3. The molecule has 1 N–H and O–H groups in total. The highest BCUT2D eigenvalue weighted by molar-refractivity contribution is 9.10. The number of hydrogen-bond donors (Lipinski definition) is 1. The molecule has 1 aromatic rings. The van der Waals surface area contributed by atoms with Crippen LogP contribution in [0.25, 0.3) is 0 Å². The Hall–Kier alpha value is -0.900. The molecule has 1 amide bonds. The van der Waals surface area contributed by atoms with Gasteiger partial charge in [-0.05, 0) is 27.9 Å². The molecular weight excluding hydrogens is 220 g/mol. The Kier molecular flexibility index (Phi) is 1.84. The molecule has 1 aliphatic rings. The number of nitrogens with one attached hydrogen (secondary N) is 1. The fraction of sp³-hybridized carbons (Fsp3) is 0.250. The molecule has 0 fully saturated rings. The van der Waals surface area contributed by atoms with Crippen molar-refractivity contribution >= 4 is 21.8 Å². The zero-order valence-corrected chi connectivity index (χ0v) is 7.89. The van der Waals surface area contributed by atoms with Crippen LogP contribution in [0.5, 0.6) is 0 Å². The highest BCUT2D eigenvalue weighted by Gasteiger charge is 2.18. The number of carbonyl (C=O) groups is 1. The number of halogens is 1. The molecule has 0 saturated heterocycles. The van der Waals surface area contributed by atoms with Gasteiger partial charge in [0.2, 0.25) is 0 Å². The van der Waals surface area contributed by atoms with E-state index in [0.717, 1.165) is 16.5 Å². The Balaban J connectivity index is 2.59. The summed E-state index contributed by atoms with van der Waals surface area (Å²) in [5.74, 6) is -0.0231. The number of hydrogen-bond acceptors (Lipinski definition) is 2. The Morgan fingerprint density at radius 3 is 3.08 bits per heavy atom. The van der Waals surface area contributed by atoms with Gasteiger partial charge >= 0.3 is 0 Å². The fourth-order valence-electron chi connectivity index (χ4n) is 1.31. The Labute approximate surface area is 78.3 Å². The number of rotatable bonds is 0. The second kappa shape index (κ2) is 2.86. The number of aromatic nitrogens is 1. The Morgan fingerprint density at radius 1 is 1.50 bits per heavy atom. The predicted octanol–water partition coefficient (Wildman–Crippen LogP) is 1.13. The third kappa shape index (κ3) is 1.12. The van der Waals surface area contributed by atoms with Gasteiger partial charge in [-0.1, -0.05) is 0 Å². The first-order chi connectivity index (χ1) is 5.79. The van der Waals surface area contributed by atoms with Crippen molar-refractivity contribution in [2.75, 3.05) is 6.54 Å². The van der Waals surface area contributed by atoms with Crippen LogP contribution in [0.15, 0.2) is 16.9 Å². The number of amides is 1. The van der Waals surface area contributed by atoms with E-state index in [1.807, 2.05) is 0 Å². The maximum Gasteiger partial charge on any atom is 0.253 e. The predicted molar refractivity (Wildman–Crippen MR) is 48.0 cm³/mol. The Morgan fingerprint density at radius 2 is 2.33 bits per heavy atom. The minimum atomic E-state index is -0.0231. The van der Waals surface area contributed by atoms with Crippen LogP contribution in [0.1, 0.15) is 15.9 Å². The topological polar surface area (TPSA) is 42.0 Å². The summed E-state index contributed by atoms with van der Waals surface area (Å²) in [7, 11) is 0. The molecule has 1 aromatic heterocycles. The average molecular weight is 227 g/mol. The average Bonchev–Trinajstić information content (AvgIpc) is 2.07. The number of pyridine rings is 1. The number of fused-ring (bicyclic) bond motifs is 1. The maximum absolute atomic E-state index is 11.3. The van der Waals surface area contributed by atoms with E-state index in [-0.39, 0.29) is 5.91 Å². The molecule has 62 valence electrons. The van der Waals surface area contributed by atoms with E-state index in [0.29, 0.717) is 12.1 Å². The van der Waals surface area contributed by atoms with Gasteiger partial charge in [0.25, 0.3) is 5.91 Å². The van der Waals surface area contributed by atoms with Gasteiger partial charge in [0, 0.05) is 23.4 Å². The molecule has 0 unspecified atom stereocenters. The van der Waals surface area contributed by atoms with E-state index in [9.17, 15) is 4.79 Å². The lowest BCUT2D eigenvalue weighted by Gasteiger charge is -2.16. The van der Waals surface area contributed by atoms with E-state index in [1.54, 1.807) is 12.4 Å². The van der Waals surface area contributed by atoms with Crippen LogP contribution >= 0.6 is 15.9 Å². The molecule has 0 aromatic carbocycles. The zero-order valence-electron chi connectivity index (χ0n) is 6.30. The van der Waals surface area contributed by atoms with Crippen LogP contribution in [0.2, 0.25) is 0 Å². The van der Waals surface area contributed by atoms with Gasteiger partial charge in [0.15, 0.2) is 0 Å². The van der Waals surface area contributed by atoms with E-state index < -0.39 is 0 Å². The highest BCUT2D eigenvalue weighted by Crippen LogP contribution is 2.21. The number of nitrogens with zero attached hydrogens (tertiary/aromatic N) is 1. The normalized spacial score (nSPS) is 15.2. The summed E-state index contributed by atoms with van der Waals surface area (Å²) in [4.78, 5) is 15.2. The van der Waals surface area contributed by atoms with Gasteiger partial charge in [-0.3, -0.25) is 9.78 Å². The van der Waals surface area contributed by atoms with Gasteiger partial charge in [0.05, 0.1) is 5.56 Å². The molecule has 0 bridgehead atoms.